The van der Waals surface area contributed by atoms with E-state index < -0.39 is 20.0 Å². The van der Waals surface area contributed by atoms with Crippen molar-refractivity contribution in [3.63, 3.8) is 0 Å². The van der Waals surface area contributed by atoms with Crippen molar-refractivity contribution in [2.75, 3.05) is 20.6 Å². The lowest BCUT2D eigenvalue weighted by atomic mass is 10.1. The zero-order chi connectivity index (χ0) is 28.2. The number of aryl methyl sites for hydroxylation is 2. The van der Waals surface area contributed by atoms with Crippen LogP contribution in [0.15, 0.2) is 102 Å². The van der Waals surface area contributed by atoms with E-state index in [9.17, 15) is 21.6 Å². The Bertz CT molecular complexity index is 1690. The molecule has 1 amide bonds. The molecule has 0 atom stereocenters. The second-order valence-electron chi connectivity index (χ2n) is 9.19. The summed E-state index contributed by atoms with van der Waals surface area (Å²) in [5, 5.41) is 2.75. The molecule has 0 spiro atoms. The lowest BCUT2D eigenvalue weighted by Crippen LogP contribution is -2.29. The van der Waals surface area contributed by atoms with E-state index in [0.29, 0.717) is 22.6 Å². The molecule has 4 rings (SSSR count). The molecule has 10 heteroatoms. The molecule has 0 saturated carbocycles. The third kappa shape index (κ3) is 7.04. The Morgan fingerprint density at radius 2 is 1.38 bits per heavy atom. The lowest BCUT2D eigenvalue weighted by Gasteiger charge is -2.23. The summed E-state index contributed by atoms with van der Waals surface area (Å²) in [5.41, 5.74) is 4.61. The Labute approximate surface area is 229 Å². The molecule has 0 radical (unpaired) electrons. The van der Waals surface area contributed by atoms with Gasteiger partial charge in [-0.2, -0.15) is 0 Å². The zero-order valence-electron chi connectivity index (χ0n) is 21.7. The number of para-hydroxylation sites is 1. The van der Waals surface area contributed by atoms with E-state index in [1.54, 1.807) is 60.7 Å². The first-order valence-corrected chi connectivity index (χ1v) is 15.4. The standard InChI is InChI=1S/C29H29N3O5S2/c1-21-9-16-27(19-22(21)2)32(38(3,34)35)20-23-10-12-24(13-11-23)29(33)30-25-14-17-28(18-15-25)39(36,37)31-26-7-5-4-6-8-26/h4-19,31H,20H2,1-3H3,(H,30,33). The minimum atomic E-state index is -3.77. The van der Waals surface area contributed by atoms with Gasteiger partial charge in [-0.1, -0.05) is 36.4 Å². The van der Waals surface area contributed by atoms with E-state index in [1.807, 2.05) is 26.0 Å². The van der Waals surface area contributed by atoms with Crippen LogP contribution in [0.25, 0.3) is 0 Å². The number of amides is 1. The topological polar surface area (TPSA) is 113 Å². The summed E-state index contributed by atoms with van der Waals surface area (Å²) in [6, 6.07) is 26.6. The monoisotopic (exact) mass is 563 g/mol. The number of hydrogen-bond acceptors (Lipinski definition) is 5. The molecule has 0 saturated heterocycles. The highest BCUT2D eigenvalue weighted by Crippen LogP contribution is 2.24. The highest BCUT2D eigenvalue weighted by atomic mass is 32.2. The van der Waals surface area contributed by atoms with E-state index >= 15 is 0 Å². The number of benzene rings is 4. The average Bonchev–Trinajstić information content (AvgIpc) is 2.89. The van der Waals surface area contributed by atoms with E-state index in [0.717, 1.165) is 22.9 Å². The SMILES string of the molecule is Cc1ccc(N(Cc2ccc(C(=O)Nc3ccc(S(=O)(=O)Nc4ccccc4)cc3)cc2)S(C)(=O)=O)cc1C. The van der Waals surface area contributed by atoms with Crippen LogP contribution in [0.1, 0.15) is 27.0 Å². The van der Waals surface area contributed by atoms with Gasteiger partial charge in [0, 0.05) is 16.9 Å². The number of sulfonamides is 2. The number of nitrogens with zero attached hydrogens (tertiary/aromatic N) is 1. The van der Waals surface area contributed by atoms with Crippen LogP contribution in [0.5, 0.6) is 0 Å². The van der Waals surface area contributed by atoms with Gasteiger partial charge in [-0.25, -0.2) is 16.8 Å². The van der Waals surface area contributed by atoms with Crippen molar-refractivity contribution in [2.45, 2.75) is 25.3 Å². The van der Waals surface area contributed by atoms with Crippen LogP contribution >= 0.6 is 0 Å². The first kappa shape index (κ1) is 27.9. The maximum absolute atomic E-state index is 12.8. The first-order chi connectivity index (χ1) is 18.4. The van der Waals surface area contributed by atoms with Gasteiger partial charge in [0.2, 0.25) is 10.0 Å². The molecule has 0 fully saturated rings. The molecule has 4 aromatic rings. The largest absolute Gasteiger partial charge is 0.322 e. The predicted molar refractivity (Wildman–Crippen MR) is 155 cm³/mol. The van der Waals surface area contributed by atoms with Crippen LogP contribution in [0.2, 0.25) is 0 Å². The molecule has 202 valence electrons. The van der Waals surface area contributed by atoms with Gasteiger partial charge in [-0.05, 0) is 91.2 Å². The second-order valence-corrected chi connectivity index (χ2v) is 12.8. The number of hydrogen-bond donors (Lipinski definition) is 2. The van der Waals surface area contributed by atoms with E-state index in [1.165, 1.54) is 28.6 Å². The molecule has 2 N–H and O–H groups in total. The minimum Gasteiger partial charge on any atom is -0.322 e. The summed E-state index contributed by atoms with van der Waals surface area (Å²) in [6.45, 7) is 4.02. The number of carbonyl (C=O) groups excluding carboxylic acids is 1. The van der Waals surface area contributed by atoms with Crippen molar-refractivity contribution in [1.82, 2.24) is 0 Å². The first-order valence-electron chi connectivity index (χ1n) is 12.1. The van der Waals surface area contributed by atoms with Gasteiger partial charge in [0.25, 0.3) is 15.9 Å². The summed E-state index contributed by atoms with van der Waals surface area (Å²) in [7, 11) is -7.31. The van der Waals surface area contributed by atoms with Crippen LogP contribution in [0.4, 0.5) is 17.1 Å². The molecule has 0 aliphatic rings. The summed E-state index contributed by atoms with van der Waals surface area (Å²) in [5.74, 6) is -0.381. The lowest BCUT2D eigenvalue weighted by molar-refractivity contribution is 0.102. The van der Waals surface area contributed by atoms with E-state index in [2.05, 4.69) is 10.0 Å². The number of nitrogens with one attached hydrogen (secondary N) is 2. The number of carbonyl (C=O) groups is 1. The summed E-state index contributed by atoms with van der Waals surface area (Å²) >= 11 is 0. The van der Waals surface area contributed by atoms with Gasteiger partial charge in [0.1, 0.15) is 0 Å². The van der Waals surface area contributed by atoms with Crippen molar-refractivity contribution in [2.24, 2.45) is 0 Å². The van der Waals surface area contributed by atoms with Gasteiger partial charge in [-0.3, -0.25) is 13.8 Å². The van der Waals surface area contributed by atoms with Crippen LogP contribution in [-0.4, -0.2) is 29.0 Å². The van der Waals surface area contributed by atoms with E-state index in [4.69, 9.17) is 0 Å². The van der Waals surface area contributed by atoms with Gasteiger partial charge in [0.05, 0.1) is 23.4 Å². The molecule has 0 unspecified atom stereocenters. The Hall–Kier alpha value is -4.15. The molecule has 0 aliphatic heterocycles. The van der Waals surface area contributed by atoms with Gasteiger partial charge < -0.3 is 5.32 Å². The number of anilines is 3. The smallest absolute Gasteiger partial charge is 0.261 e. The minimum absolute atomic E-state index is 0.0629. The third-order valence-electron chi connectivity index (χ3n) is 6.17. The highest BCUT2D eigenvalue weighted by Gasteiger charge is 2.19. The molecule has 0 bridgehead atoms. The van der Waals surface area contributed by atoms with Crippen molar-refractivity contribution in [3.05, 3.63) is 119 Å². The second kappa shape index (κ2) is 11.3. The van der Waals surface area contributed by atoms with Crippen molar-refractivity contribution in [1.29, 1.82) is 0 Å². The molecule has 0 heterocycles. The van der Waals surface area contributed by atoms with Crippen molar-refractivity contribution in [3.8, 4) is 0 Å². The molecule has 0 aliphatic carbocycles. The molecule has 39 heavy (non-hydrogen) atoms. The van der Waals surface area contributed by atoms with Crippen LogP contribution < -0.4 is 14.3 Å². The van der Waals surface area contributed by atoms with Gasteiger partial charge in [-0.15, -0.1) is 0 Å². The summed E-state index contributed by atoms with van der Waals surface area (Å²) in [6.07, 6.45) is 1.16. The highest BCUT2D eigenvalue weighted by molar-refractivity contribution is 7.92. The Morgan fingerprint density at radius 1 is 0.744 bits per heavy atom. The van der Waals surface area contributed by atoms with Crippen molar-refractivity contribution < 1.29 is 21.6 Å². The van der Waals surface area contributed by atoms with Gasteiger partial charge in [0.15, 0.2) is 0 Å². The molecular formula is C29H29N3O5S2. The third-order valence-corrected chi connectivity index (χ3v) is 8.71. The van der Waals surface area contributed by atoms with Crippen LogP contribution in [-0.2, 0) is 26.6 Å². The van der Waals surface area contributed by atoms with Gasteiger partial charge >= 0.3 is 0 Å². The maximum atomic E-state index is 12.8. The van der Waals surface area contributed by atoms with Crippen LogP contribution in [0, 0.1) is 13.8 Å². The number of rotatable bonds is 9. The predicted octanol–water partition coefficient (Wildman–Crippen LogP) is 5.32. The molecule has 4 aromatic carbocycles. The Balaban J connectivity index is 1.43. The normalized spacial score (nSPS) is 11.6. The molecule has 0 aromatic heterocycles. The van der Waals surface area contributed by atoms with Crippen molar-refractivity contribution >= 4 is 43.0 Å². The average molecular weight is 564 g/mol. The fourth-order valence-corrected chi connectivity index (χ4v) is 5.79. The molecular weight excluding hydrogens is 534 g/mol. The summed E-state index contributed by atoms with van der Waals surface area (Å²) < 4.78 is 54.1. The Kier molecular flexibility index (Phi) is 8.08. The quantitative estimate of drug-likeness (QED) is 0.286. The zero-order valence-corrected chi connectivity index (χ0v) is 23.4. The summed E-state index contributed by atoms with van der Waals surface area (Å²) in [4.78, 5) is 12.8. The fraction of sp³-hybridized carbons (Fsp3) is 0.138. The fourth-order valence-electron chi connectivity index (χ4n) is 3.85. The maximum Gasteiger partial charge on any atom is 0.261 e. The Morgan fingerprint density at radius 3 is 1.97 bits per heavy atom. The van der Waals surface area contributed by atoms with Crippen LogP contribution in [0.3, 0.4) is 0 Å². The molecule has 8 nitrogen and oxygen atoms in total. The van der Waals surface area contributed by atoms with E-state index in [-0.39, 0.29) is 17.3 Å².